The van der Waals surface area contributed by atoms with Gasteiger partial charge in [0.1, 0.15) is 18.2 Å². The lowest BCUT2D eigenvalue weighted by molar-refractivity contribution is -0.120. The van der Waals surface area contributed by atoms with Gasteiger partial charge in [-0.2, -0.15) is 0 Å². The van der Waals surface area contributed by atoms with Gasteiger partial charge >= 0.3 is 0 Å². The quantitative estimate of drug-likeness (QED) is 0.753. The molecule has 0 heterocycles. The van der Waals surface area contributed by atoms with Crippen LogP contribution in [0.25, 0.3) is 0 Å². The molecule has 0 fully saturated rings. The number of hydrogen-bond donors (Lipinski definition) is 2. The van der Waals surface area contributed by atoms with Crippen molar-refractivity contribution in [1.29, 1.82) is 0 Å². The van der Waals surface area contributed by atoms with Crippen LogP contribution in [0, 0.1) is 5.82 Å². The Balaban J connectivity index is 1.68. The first kappa shape index (κ1) is 17.7. The molecular weight excluding hydrogens is 335 g/mol. The van der Waals surface area contributed by atoms with Gasteiger partial charge in [-0.25, -0.2) is 4.39 Å². The molecule has 0 aromatic heterocycles. The number of carbonyl (C=O) groups is 2. The van der Waals surface area contributed by atoms with E-state index in [1.165, 1.54) is 18.2 Å². The summed E-state index contributed by atoms with van der Waals surface area (Å²) in [6.07, 6.45) is 0. The smallest absolute Gasteiger partial charge is 0.254 e. The van der Waals surface area contributed by atoms with Crippen molar-refractivity contribution in [2.45, 2.75) is 0 Å². The van der Waals surface area contributed by atoms with E-state index in [0.29, 0.717) is 10.8 Å². The molecule has 0 atom stereocenters. The predicted octanol–water partition coefficient (Wildman–Crippen LogP) is 2.40. The van der Waals surface area contributed by atoms with Crippen molar-refractivity contribution < 1.29 is 18.7 Å². The van der Waals surface area contributed by atoms with Crippen LogP contribution in [0.1, 0.15) is 10.4 Å². The predicted molar refractivity (Wildman–Crippen MR) is 88.7 cm³/mol. The second-order valence-corrected chi connectivity index (χ2v) is 5.20. The van der Waals surface area contributed by atoms with E-state index >= 15 is 0 Å². The summed E-state index contributed by atoms with van der Waals surface area (Å²) in [5.74, 6) is -1.15. The lowest BCUT2D eigenvalue weighted by Gasteiger charge is -2.09. The molecule has 0 spiro atoms. The van der Waals surface area contributed by atoms with E-state index in [0.717, 1.165) is 0 Å². The van der Waals surface area contributed by atoms with Gasteiger partial charge in [-0.15, -0.1) is 0 Å². The monoisotopic (exact) mass is 350 g/mol. The Morgan fingerprint density at radius 3 is 2.50 bits per heavy atom. The van der Waals surface area contributed by atoms with Crippen molar-refractivity contribution in [2.75, 3.05) is 19.7 Å². The molecule has 126 valence electrons. The van der Waals surface area contributed by atoms with Gasteiger partial charge in [0.2, 0.25) is 5.91 Å². The van der Waals surface area contributed by atoms with Crippen molar-refractivity contribution in [3.8, 4) is 5.75 Å². The maximum atomic E-state index is 13.4. The molecule has 0 aliphatic carbocycles. The Labute approximate surface area is 143 Å². The summed E-state index contributed by atoms with van der Waals surface area (Å²) in [6, 6.07) is 12.6. The Hall–Kier alpha value is -2.60. The highest BCUT2D eigenvalue weighted by molar-refractivity contribution is 6.32. The summed E-state index contributed by atoms with van der Waals surface area (Å²) in [5.41, 5.74) is -0.104. The molecule has 0 saturated heterocycles. The summed E-state index contributed by atoms with van der Waals surface area (Å²) in [5, 5.41) is 5.42. The number of para-hydroxylation sites is 1. The van der Waals surface area contributed by atoms with Crippen LogP contribution >= 0.6 is 11.6 Å². The average Bonchev–Trinajstić information content (AvgIpc) is 2.58. The molecule has 0 bridgehead atoms. The fourth-order valence-corrected chi connectivity index (χ4v) is 2.07. The zero-order valence-corrected chi connectivity index (χ0v) is 13.5. The van der Waals surface area contributed by atoms with Gasteiger partial charge in [0.25, 0.3) is 5.91 Å². The Bertz CT molecular complexity index is 724. The SMILES string of the molecule is O=C(CNC(=O)c1ccccc1F)NCCOc1ccccc1Cl. The Morgan fingerprint density at radius 1 is 1.04 bits per heavy atom. The first-order valence-corrected chi connectivity index (χ1v) is 7.62. The highest BCUT2D eigenvalue weighted by Crippen LogP contribution is 2.22. The number of nitrogens with one attached hydrogen (secondary N) is 2. The van der Waals surface area contributed by atoms with Crippen LogP contribution in [0.5, 0.6) is 5.75 Å². The molecular formula is C17H16ClFN2O3. The molecule has 5 nitrogen and oxygen atoms in total. The summed E-state index contributed by atoms with van der Waals surface area (Å²) >= 11 is 5.93. The maximum Gasteiger partial charge on any atom is 0.254 e. The lowest BCUT2D eigenvalue weighted by Crippen LogP contribution is -2.38. The number of hydrogen-bond acceptors (Lipinski definition) is 3. The Morgan fingerprint density at radius 2 is 1.75 bits per heavy atom. The molecule has 0 aliphatic heterocycles. The highest BCUT2D eigenvalue weighted by atomic mass is 35.5. The van der Waals surface area contributed by atoms with Crippen molar-refractivity contribution in [2.24, 2.45) is 0 Å². The number of amides is 2. The van der Waals surface area contributed by atoms with Gasteiger partial charge in [0.05, 0.1) is 23.7 Å². The minimum atomic E-state index is -0.643. The average molecular weight is 351 g/mol. The fraction of sp³-hybridized carbons (Fsp3) is 0.176. The standard InChI is InChI=1S/C17H16ClFN2O3/c18-13-6-2-4-8-15(13)24-10-9-20-16(22)11-21-17(23)12-5-1-3-7-14(12)19/h1-8H,9-11H2,(H,20,22)(H,21,23). The zero-order chi connectivity index (χ0) is 17.4. The highest BCUT2D eigenvalue weighted by Gasteiger charge is 2.11. The Kier molecular flexibility index (Phi) is 6.57. The third-order valence-electron chi connectivity index (χ3n) is 3.05. The minimum Gasteiger partial charge on any atom is -0.490 e. The van der Waals surface area contributed by atoms with Gasteiger partial charge in [-0.3, -0.25) is 9.59 Å². The molecule has 2 aromatic carbocycles. The van der Waals surface area contributed by atoms with E-state index in [1.807, 2.05) is 0 Å². The minimum absolute atomic E-state index is 0.104. The van der Waals surface area contributed by atoms with Gasteiger partial charge in [-0.05, 0) is 24.3 Å². The van der Waals surface area contributed by atoms with E-state index in [2.05, 4.69) is 10.6 Å². The van der Waals surface area contributed by atoms with Gasteiger partial charge in [0.15, 0.2) is 0 Å². The third-order valence-corrected chi connectivity index (χ3v) is 3.36. The third kappa shape index (κ3) is 5.24. The van der Waals surface area contributed by atoms with Crippen LogP contribution in [0.2, 0.25) is 5.02 Å². The second kappa shape index (κ2) is 8.88. The van der Waals surface area contributed by atoms with E-state index in [1.54, 1.807) is 30.3 Å². The summed E-state index contributed by atoms with van der Waals surface area (Å²) in [6.45, 7) is 0.232. The molecule has 2 rings (SSSR count). The van der Waals surface area contributed by atoms with Crippen LogP contribution in [-0.4, -0.2) is 31.5 Å². The molecule has 2 aromatic rings. The van der Waals surface area contributed by atoms with Crippen molar-refractivity contribution in [3.63, 3.8) is 0 Å². The molecule has 0 unspecified atom stereocenters. The zero-order valence-electron chi connectivity index (χ0n) is 12.7. The number of rotatable bonds is 7. The molecule has 24 heavy (non-hydrogen) atoms. The van der Waals surface area contributed by atoms with Crippen LogP contribution in [0.4, 0.5) is 4.39 Å². The molecule has 2 amide bonds. The lowest BCUT2D eigenvalue weighted by atomic mass is 10.2. The maximum absolute atomic E-state index is 13.4. The largest absolute Gasteiger partial charge is 0.490 e. The molecule has 0 aliphatic rings. The fourth-order valence-electron chi connectivity index (χ4n) is 1.88. The summed E-state index contributed by atoms with van der Waals surface area (Å²) < 4.78 is 18.8. The van der Waals surface area contributed by atoms with Crippen LogP contribution < -0.4 is 15.4 Å². The molecule has 2 N–H and O–H groups in total. The van der Waals surface area contributed by atoms with Crippen LogP contribution in [0.15, 0.2) is 48.5 Å². The summed E-state index contributed by atoms with van der Waals surface area (Å²) in [7, 11) is 0. The summed E-state index contributed by atoms with van der Waals surface area (Å²) in [4.78, 5) is 23.4. The number of benzene rings is 2. The molecule has 7 heteroatoms. The van der Waals surface area contributed by atoms with Gasteiger partial charge < -0.3 is 15.4 Å². The molecule has 0 saturated carbocycles. The first-order chi connectivity index (χ1) is 11.6. The van der Waals surface area contributed by atoms with Crippen molar-refractivity contribution in [3.05, 3.63) is 64.9 Å². The van der Waals surface area contributed by atoms with Gasteiger partial charge in [-0.1, -0.05) is 35.9 Å². The number of halogens is 2. The molecule has 0 radical (unpaired) electrons. The van der Waals surface area contributed by atoms with Crippen molar-refractivity contribution in [1.82, 2.24) is 10.6 Å². The van der Waals surface area contributed by atoms with E-state index in [4.69, 9.17) is 16.3 Å². The number of ether oxygens (including phenoxy) is 1. The van der Waals surface area contributed by atoms with Gasteiger partial charge in [0, 0.05) is 0 Å². The second-order valence-electron chi connectivity index (χ2n) is 4.79. The topological polar surface area (TPSA) is 67.4 Å². The van der Waals surface area contributed by atoms with E-state index in [-0.39, 0.29) is 25.3 Å². The number of carbonyl (C=O) groups excluding carboxylic acids is 2. The van der Waals surface area contributed by atoms with Crippen LogP contribution in [0.3, 0.4) is 0 Å². The normalized spacial score (nSPS) is 10.1. The first-order valence-electron chi connectivity index (χ1n) is 7.24. The van der Waals surface area contributed by atoms with E-state index in [9.17, 15) is 14.0 Å². The van der Waals surface area contributed by atoms with Crippen molar-refractivity contribution >= 4 is 23.4 Å². The van der Waals surface area contributed by atoms with Crippen LogP contribution in [-0.2, 0) is 4.79 Å². The van der Waals surface area contributed by atoms with E-state index < -0.39 is 17.6 Å².